The standard InChI is InChI=1S/C8H14O2.C7H8O.C2H6/c1-8(2,3)10-7(9)6-4-5-6;8-6-7-4-2-1-3-5-7;1-2/h6H,4-5H2,1-3H3;1-5,8H,6H2;1-2H3. The molecule has 0 saturated heterocycles. The van der Waals surface area contributed by atoms with Gasteiger partial charge in [-0.2, -0.15) is 0 Å². The molecular weight excluding hydrogens is 252 g/mol. The van der Waals surface area contributed by atoms with Crippen LogP contribution in [0, 0.1) is 5.92 Å². The van der Waals surface area contributed by atoms with Gasteiger partial charge in [0, 0.05) is 0 Å². The van der Waals surface area contributed by atoms with Crippen molar-refractivity contribution in [3.8, 4) is 0 Å². The molecule has 3 nitrogen and oxygen atoms in total. The van der Waals surface area contributed by atoms with Gasteiger partial charge < -0.3 is 9.84 Å². The second-order valence-corrected chi connectivity index (χ2v) is 5.45. The number of esters is 1. The molecule has 0 spiro atoms. The molecule has 0 radical (unpaired) electrons. The van der Waals surface area contributed by atoms with Crippen LogP contribution >= 0.6 is 0 Å². The number of aliphatic hydroxyl groups is 1. The Bertz CT molecular complexity index is 362. The highest BCUT2D eigenvalue weighted by Gasteiger charge is 2.33. The van der Waals surface area contributed by atoms with Gasteiger partial charge in [-0.25, -0.2) is 0 Å². The van der Waals surface area contributed by atoms with Gasteiger partial charge in [-0.05, 0) is 39.2 Å². The predicted molar refractivity (Wildman–Crippen MR) is 82.3 cm³/mol. The van der Waals surface area contributed by atoms with Gasteiger partial charge in [-0.1, -0.05) is 44.2 Å². The van der Waals surface area contributed by atoms with E-state index < -0.39 is 0 Å². The molecule has 0 atom stereocenters. The number of rotatable bonds is 2. The van der Waals surface area contributed by atoms with E-state index in [1.54, 1.807) is 0 Å². The Hall–Kier alpha value is -1.35. The van der Waals surface area contributed by atoms with Crippen molar-refractivity contribution in [2.45, 2.75) is 59.7 Å². The van der Waals surface area contributed by atoms with Crippen molar-refractivity contribution in [1.82, 2.24) is 0 Å². The van der Waals surface area contributed by atoms with E-state index in [4.69, 9.17) is 9.84 Å². The van der Waals surface area contributed by atoms with Gasteiger partial charge in [0.25, 0.3) is 0 Å². The summed E-state index contributed by atoms with van der Waals surface area (Å²) in [6.07, 6.45) is 2.05. The molecule has 0 aliphatic heterocycles. The lowest BCUT2D eigenvalue weighted by atomic mass is 10.2. The zero-order chi connectivity index (χ0) is 15.6. The van der Waals surface area contributed by atoms with Crippen LogP contribution in [0.5, 0.6) is 0 Å². The maximum atomic E-state index is 11.0. The maximum absolute atomic E-state index is 11.0. The van der Waals surface area contributed by atoms with Gasteiger partial charge in [-0.3, -0.25) is 4.79 Å². The number of ether oxygens (including phenoxy) is 1. The van der Waals surface area contributed by atoms with Crippen LogP contribution in [0.1, 0.15) is 53.0 Å². The maximum Gasteiger partial charge on any atom is 0.309 e. The van der Waals surface area contributed by atoms with Gasteiger partial charge in [0.15, 0.2) is 0 Å². The third-order valence-electron chi connectivity index (χ3n) is 2.34. The number of carbonyl (C=O) groups is 1. The van der Waals surface area contributed by atoms with E-state index in [2.05, 4.69) is 0 Å². The smallest absolute Gasteiger partial charge is 0.309 e. The molecule has 20 heavy (non-hydrogen) atoms. The van der Waals surface area contributed by atoms with E-state index in [1.165, 1.54) is 0 Å². The van der Waals surface area contributed by atoms with E-state index in [9.17, 15) is 4.79 Å². The molecule has 0 amide bonds. The van der Waals surface area contributed by atoms with E-state index in [1.807, 2.05) is 65.0 Å². The quantitative estimate of drug-likeness (QED) is 0.835. The van der Waals surface area contributed by atoms with Crippen LogP contribution < -0.4 is 0 Å². The molecule has 1 N–H and O–H groups in total. The van der Waals surface area contributed by atoms with E-state index in [-0.39, 0.29) is 24.1 Å². The van der Waals surface area contributed by atoms with E-state index in [0.717, 1.165) is 18.4 Å². The summed E-state index contributed by atoms with van der Waals surface area (Å²) in [5.74, 6) is 0.201. The van der Waals surface area contributed by atoms with Crippen LogP contribution in [0.25, 0.3) is 0 Å². The molecular formula is C17H28O3. The van der Waals surface area contributed by atoms with Gasteiger partial charge in [0.2, 0.25) is 0 Å². The first-order valence-electron chi connectivity index (χ1n) is 7.30. The summed E-state index contributed by atoms with van der Waals surface area (Å²) in [7, 11) is 0. The Morgan fingerprint density at radius 2 is 1.70 bits per heavy atom. The van der Waals surface area contributed by atoms with Crippen molar-refractivity contribution in [2.24, 2.45) is 5.92 Å². The third kappa shape index (κ3) is 9.56. The van der Waals surface area contributed by atoms with Crippen molar-refractivity contribution in [3.63, 3.8) is 0 Å². The zero-order valence-corrected chi connectivity index (χ0v) is 13.3. The summed E-state index contributed by atoms with van der Waals surface area (Å²) in [6.45, 7) is 9.83. The minimum absolute atomic E-state index is 0.0208. The number of aliphatic hydroxyl groups excluding tert-OH is 1. The Balaban J connectivity index is 0.000000327. The minimum Gasteiger partial charge on any atom is -0.460 e. The molecule has 0 aromatic heterocycles. The van der Waals surface area contributed by atoms with Crippen LogP contribution in [0.2, 0.25) is 0 Å². The summed E-state index contributed by atoms with van der Waals surface area (Å²) < 4.78 is 5.12. The first-order valence-corrected chi connectivity index (χ1v) is 7.30. The van der Waals surface area contributed by atoms with Crippen LogP contribution in [0.15, 0.2) is 30.3 Å². The van der Waals surface area contributed by atoms with Gasteiger partial charge in [0.1, 0.15) is 5.60 Å². The van der Waals surface area contributed by atoms with Gasteiger partial charge >= 0.3 is 5.97 Å². The first-order chi connectivity index (χ1) is 9.42. The Morgan fingerprint density at radius 1 is 1.20 bits per heavy atom. The molecule has 114 valence electrons. The molecule has 1 saturated carbocycles. The van der Waals surface area contributed by atoms with E-state index >= 15 is 0 Å². The van der Waals surface area contributed by atoms with Crippen molar-refractivity contribution < 1.29 is 14.6 Å². The number of hydrogen-bond donors (Lipinski definition) is 1. The second-order valence-electron chi connectivity index (χ2n) is 5.45. The highest BCUT2D eigenvalue weighted by Crippen LogP contribution is 2.31. The Morgan fingerprint density at radius 3 is 2.00 bits per heavy atom. The molecule has 1 aromatic rings. The minimum atomic E-state index is -0.306. The van der Waals surface area contributed by atoms with Crippen LogP contribution in [-0.4, -0.2) is 16.7 Å². The molecule has 3 heteroatoms. The normalized spacial score (nSPS) is 13.3. The Kier molecular flexibility index (Phi) is 8.89. The lowest BCUT2D eigenvalue weighted by Crippen LogP contribution is -2.24. The van der Waals surface area contributed by atoms with Crippen LogP contribution in [-0.2, 0) is 16.1 Å². The topological polar surface area (TPSA) is 46.5 Å². The molecule has 1 aliphatic carbocycles. The summed E-state index contributed by atoms with van der Waals surface area (Å²) in [5, 5.41) is 8.54. The number of benzene rings is 1. The first kappa shape index (κ1) is 18.7. The monoisotopic (exact) mass is 280 g/mol. The molecule has 0 heterocycles. The fourth-order valence-corrected chi connectivity index (χ4v) is 1.29. The lowest BCUT2D eigenvalue weighted by Gasteiger charge is -2.19. The number of hydrogen-bond acceptors (Lipinski definition) is 3. The summed E-state index contributed by atoms with van der Waals surface area (Å²) in [6, 6.07) is 9.52. The number of carbonyl (C=O) groups excluding carboxylic acids is 1. The summed E-state index contributed by atoms with van der Waals surface area (Å²) >= 11 is 0. The van der Waals surface area contributed by atoms with Gasteiger partial charge in [0.05, 0.1) is 12.5 Å². The van der Waals surface area contributed by atoms with E-state index in [0.29, 0.717) is 0 Å². The van der Waals surface area contributed by atoms with Crippen molar-refractivity contribution >= 4 is 5.97 Å². The highest BCUT2D eigenvalue weighted by molar-refractivity contribution is 5.75. The van der Waals surface area contributed by atoms with Crippen LogP contribution in [0.3, 0.4) is 0 Å². The van der Waals surface area contributed by atoms with Crippen LogP contribution in [0.4, 0.5) is 0 Å². The van der Waals surface area contributed by atoms with Crippen molar-refractivity contribution in [3.05, 3.63) is 35.9 Å². The van der Waals surface area contributed by atoms with Crippen molar-refractivity contribution in [1.29, 1.82) is 0 Å². The lowest BCUT2D eigenvalue weighted by molar-refractivity contribution is -0.156. The molecule has 1 aromatic carbocycles. The van der Waals surface area contributed by atoms with Crippen molar-refractivity contribution in [2.75, 3.05) is 0 Å². The molecule has 2 rings (SSSR count). The average molecular weight is 280 g/mol. The molecule has 0 bridgehead atoms. The third-order valence-corrected chi connectivity index (χ3v) is 2.34. The second kappa shape index (κ2) is 9.54. The summed E-state index contributed by atoms with van der Waals surface area (Å²) in [4.78, 5) is 11.0. The molecule has 1 fully saturated rings. The average Bonchev–Trinajstić information content (AvgIpc) is 3.25. The highest BCUT2D eigenvalue weighted by atomic mass is 16.6. The molecule has 0 unspecified atom stereocenters. The Labute approximate surface area is 123 Å². The largest absolute Gasteiger partial charge is 0.460 e. The zero-order valence-electron chi connectivity index (χ0n) is 13.3. The molecule has 1 aliphatic rings. The predicted octanol–water partition coefficient (Wildman–Crippen LogP) is 3.94. The SMILES string of the molecule is CC.CC(C)(C)OC(=O)C1CC1.OCc1ccccc1. The fraction of sp³-hybridized carbons (Fsp3) is 0.588. The summed E-state index contributed by atoms with van der Waals surface area (Å²) in [5.41, 5.74) is 0.659. The fourth-order valence-electron chi connectivity index (χ4n) is 1.29. The van der Waals surface area contributed by atoms with Gasteiger partial charge in [-0.15, -0.1) is 0 Å².